The van der Waals surface area contributed by atoms with E-state index in [9.17, 15) is 13.2 Å². The maximum absolute atomic E-state index is 12.0. The first kappa shape index (κ1) is 15.2. The molecule has 0 atom stereocenters. The van der Waals surface area contributed by atoms with E-state index >= 15 is 0 Å². The van der Waals surface area contributed by atoms with E-state index in [0.717, 1.165) is 6.20 Å². The number of nitrogens with one attached hydrogen (secondary N) is 1. The molecule has 21 heavy (non-hydrogen) atoms. The first-order chi connectivity index (χ1) is 9.87. The predicted octanol–water partition coefficient (Wildman–Crippen LogP) is 0.133. The average Bonchev–Trinajstić information content (AvgIpc) is 3.03. The third kappa shape index (κ3) is 4.13. The molecule has 2 aromatic rings. The van der Waals surface area contributed by atoms with Crippen LogP contribution in [0.2, 0.25) is 0 Å². The number of carboxylic acids is 1. The van der Waals surface area contributed by atoms with Crippen molar-refractivity contribution in [3.63, 3.8) is 0 Å². The molecule has 2 rings (SSSR count). The van der Waals surface area contributed by atoms with Gasteiger partial charge in [0.15, 0.2) is 5.76 Å². The van der Waals surface area contributed by atoms with Gasteiger partial charge in [-0.1, -0.05) is 5.16 Å². The number of aromatic nitrogens is 3. The van der Waals surface area contributed by atoms with Gasteiger partial charge in [0, 0.05) is 12.3 Å². The van der Waals surface area contributed by atoms with Crippen LogP contribution in [0.25, 0.3) is 0 Å². The molecule has 0 unspecified atom stereocenters. The van der Waals surface area contributed by atoms with Gasteiger partial charge < -0.3 is 9.63 Å². The summed E-state index contributed by atoms with van der Waals surface area (Å²) in [5.41, 5.74) is 0.658. The van der Waals surface area contributed by atoms with Crippen LogP contribution in [-0.2, 0) is 27.9 Å². The Hall–Kier alpha value is -2.20. The van der Waals surface area contributed by atoms with Crippen LogP contribution in [0, 0.1) is 6.92 Å². The molecule has 2 aromatic heterocycles. The van der Waals surface area contributed by atoms with Crippen molar-refractivity contribution in [1.29, 1.82) is 0 Å². The highest BCUT2D eigenvalue weighted by atomic mass is 32.2. The van der Waals surface area contributed by atoms with Gasteiger partial charge in [-0.05, 0) is 6.92 Å². The van der Waals surface area contributed by atoms with Gasteiger partial charge in [-0.25, -0.2) is 13.1 Å². The standard InChI is InChI=1S/C11H14N4O5S/c1-8-4-9(20-14-8)5-13-21(18,19)10-6-12-15(7-10)3-2-11(16)17/h4,6-7,13H,2-3,5H2,1H3,(H,16,17). The predicted molar refractivity (Wildman–Crippen MR) is 69.7 cm³/mol. The van der Waals surface area contributed by atoms with E-state index in [1.807, 2.05) is 0 Å². The topological polar surface area (TPSA) is 127 Å². The van der Waals surface area contributed by atoms with E-state index in [-0.39, 0.29) is 24.4 Å². The molecule has 0 amide bonds. The normalized spacial score (nSPS) is 11.7. The Morgan fingerprint density at radius 1 is 1.52 bits per heavy atom. The van der Waals surface area contributed by atoms with Gasteiger partial charge in [0.25, 0.3) is 0 Å². The molecule has 0 aliphatic carbocycles. The molecule has 0 aliphatic heterocycles. The van der Waals surface area contributed by atoms with Crippen molar-refractivity contribution in [1.82, 2.24) is 19.7 Å². The fourth-order valence-electron chi connectivity index (χ4n) is 1.56. The summed E-state index contributed by atoms with van der Waals surface area (Å²) in [5, 5.41) is 16.0. The zero-order chi connectivity index (χ0) is 15.5. The minimum Gasteiger partial charge on any atom is -0.481 e. The van der Waals surface area contributed by atoms with E-state index in [2.05, 4.69) is 15.0 Å². The van der Waals surface area contributed by atoms with Crippen LogP contribution >= 0.6 is 0 Å². The molecule has 114 valence electrons. The molecule has 0 aliphatic rings. The van der Waals surface area contributed by atoms with Crippen molar-refractivity contribution in [3.05, 3.63) is 29.9 Å². The van der Waals surface area contributed by atoms with E-state index in [1.165, 1.54) is 10.9 Å². The molecule has 0 spiro atoms. The highest BCUT2D eigenvalue weighted by Crippen LogP contribution is 2.09. The van der Waals surface area contributed by atoms with E-state index in [1.54, 1.807) is 13.0 Å². The Morgan fingerprint density at radius 2 is 2.29 bits per heavy atom. The number of carboxylic acid groups (broad SMARTS) is 1. The lowest BCUT2D eigenvalue weighted by Gasteiger charge is -2.01. The second-order valence-corrected chi connectivity index (χ2v) is 6.11. The number of hydrogen-bond acceptors (Lipinski definition) is 6. The van der Waals surface area contributed by atoms with Crippen LogP contribution in [-0.4, -0.2) is 34.4 Å². The summed E-state index contributed by atoms with van der Waals surface area (Å²) in [5.74, 6) is -0.580. The second kappa shape index (κ2) is 6.06. The Labute approximate surface area is 120 Å². The van der Waals surface area contributed by atoms with Gasteiger partial charge >= 0.3 is 5.97 Å². The van der Waals surface area contributed by atoms with Gasteiger partial charge in [0.2, 0.25) is 10.0 Å². The SMILES string of the molecule is Cc1cc(CNS(=O)(=O)c2cnn(CCC(=O)O)c2)on1. The molecule has 0 fully saturated rings. The van der Waals surface area contributed by atoms with Crippen LogP contribution in [0.4, 0.5) is 0 Å². The highest BCUT2D eigenvalue weighted by molar-refractivity contribution is 7.89. The van der Waals surface area contributed by atoms with Crippen LogP contribution in [0.15, 0.2) is 27.9 Å². The summed E-state index contributed by atoms with van der Waals surface area (Å²) in [4.78, 5) is 10.4. The summed E-state index contributed by atoms with van der Waals surface area (Å²) in [6.45, 7) is 1.81. The molecule has 0 radical (unpaired) electrons. The minimum atomic E-state index is -3.74. The molecule has 0 saturated heterocycles. The number of rotatable bonds is 7. The highest BCUT2D eigenvalue weighted by Gasteiger charge is 2.17. The van der Waals surface area contributed by atoms with Crippen molar-refractivity contribution in [2.24, 2.45) is 0 Å². The van der Waals surface area contributed by atoms with Crippen LogP contribution in [0.1, 0.15) is 17.9 Å². The molecule has 9 nitrogen and oxygen atoms in total. The van der Waals surface area contributed by atoms with Crippen molar-refractivity contribution in [2.75, 3.05) is 0 Å². The van der Waals surface area contributed by atoms with Crippen LogP contribution < -0.4 is 4.72 Å². The first-order valence-corrected chi connectivity index (χ1v) is 7.51. The lowest BCUT2D eigenvalue weighted by Crippen LogP contribution is -2.22. The van der Waals surface area contributed by atoms with Crippen molar-refractivity contribution in [3.8, 4) is 0 Å². The Morgan fingerprint density at radius 3 is 2.90 bits per heavy atom. The minimum absolute atomic E-state index is 0.0243. The summed E-state index contributed by atoms with van der Waals surface area (Å²) >= 11 is 0. The smallest absolute Gasteiger partial charge is 0.305 e. The number of hydrogen-bond donors (Lipinski definition) is 2. The zero-order valence-electron chi connectivity index (χ0n) is 11.2. The monoisotopic (exact) mass is 314 g/mol. The quantitative estimate of drug-likeness (QED) is 0.743. The number of nitrogens with zero attached hydrogens (tertiary/aromatic N) is 3. The molecule has 2 heterocycles. The largest absolute Gasteiger partial charge is 0.481 e. The summed E-state index contributed by atoms with van der Waals surface area (Å²) in [7, 11) is -3.74. The Balaban J connectivity index is 2.00. The van der Waals surface area contributed by atoms with Crippen LogP contribution in [0.3, 0.4) is 0 Å². The van der Waals surface area contributed by atoms with Gasteiger partial charge in [0.1, 0.15) is 4.90 Å². The average molecular weight is 314 g/mol. The van der Waals surface area contributed by atoms with E-state index < -0.39 is 16.0 Å². The molecule has 0 saturated carbocycles. The lowest BCUT2D eigenvalue weighted by atomic mass is 10.4. The van der Waals surface area contributed by atoms with E-state index in [4.69, 9.17) is 9.63 Å². The molecule has 10 heteroatoms. The van der Waals surface area contributed by atoms with Crippen molar-refractivity contribution < 1.29 is 22.8 Å². The summed E-state index contributed by atoms with van der Waals surface area (Å²) in [6, 6.07) is 1.62. The molecular formula is C11H14N4O5S. The fourth-order valence-corrected chi connectivity index (χ4v) is 2.51. The van der Waals surface area contributed by atoms with Gasteiger partial charge in [-0.2, -0.15) is 5.10 Å². The fraction of sp³-hybridized carbons (Fsp3) is 0.364. The number of aryl methyl sites for hydroxylation is 2. The third-order valence-corrected chi connectivity index (χ3v) is 3.94. The van der Waals surface area contributed by atoms with Gasteiger partial charge in [-0.3, -0.25) is 9.48 Å². The number of aliphatic carboxylic acids is 1. The van der Waals surface area contributed by atoms with Gasteiger partial charge in [0.05, 0.1) is 31.4 Å². The van der Waals surface area contributed by atoms with E-state index in [0.29, 0.717) is 11.5 Å². The first-order valence-electron chi connectivity index (χ1n) is 6.03. The lowest BCUT2D eigenvalue weighted by molar-refractivity contribution is -0.137. The van der Waals surface area contributed by atoms with Crippen molar-refractivity contribution in [2.45, 2.75) is 31.3 Å². The Kier molecular flexibility index (Phi) is 4.38. The maximum Gasteiger partial charge on any atom is 0.305 e. The zero-order valence-corrected chi connectivity index (χ0v) is 12.0. The van der Waals surface area contributed by atoms with Crippen molar-refractivity contribution >= 4 is 16.0 Å². The van der Waals surface area contributed by atoms with Gasteiger partial charge in [-0.15, -0.1) is 0 Å². The molecule has 2 N–H and O–H groups in total. The summed E-state index contributed by atoms with van der Waals surface area (Å²) < 4.78 is 32.6. The maximum atomic E-state index is 12.0. The number of sulfonamides is 1. The summed E-state index contributed by atoms with van der Waals surface area (Å²) in [6.07, 6.45) is 2.30. The second-order valence-electron chi connectivity index (χ2n) is 4.34. The Bertz CT molecular complexity index is 733. The third-order valence-electron chi connectivity index (χ3n) is 2.59. The molecule has 0 bridgehead atoms. The number of carbonyl (C=O) groups is 1. The molecule has 0 aromatic carbocycles. The van der Waals surface area contributed by atoms with Crippen LogP contribution in [0.5, 0.6) is 0 Å². The molecular weight excluding hydrogens is 300 g/mol.